The Bertz CT molecular complexity index is 660. The van der Waals surface area contributed by atoms with E-state index in [0.717, 1.165) is 18.8 Å². The second-order valence-electron chi connectivity index (χ2n) is 5.08. The molecule has 5 nitrogen and oxygen atoms in total. The fourth-order valence-electron chi connectivity index (χ4n) is 2.47. The molecule has 1 fully saturated rings. The monoisotopic (exact) mass is 279 g/mol. The van der Waals surface area contributed by atoms with Crippen LogP contribution in [0.4, 0.5) is 5.82 Å². The van der Waals surface area contributed by atoms with Gasteiger partial charge in [0.05, 0.1) is 18.2 Å². The summed E-state index contributed by atoms with van der Waals surface area (Å²) >= 11 is 0. The average Bonchev–Trinajstić information content (AvgIpc) is 2.97. The van der Waals surface area contributed by atoms with Crippen LogP contribution in [0.1, 0.15) is 24.8 Å². The van der Waals surface area contributed by atoms with E-state index < -0.39 is 0 Å². The molecular weight excluding hydrogens is 262 g/mol. The Labute approximate surface area is 124 Å². The van der Waals surface area contributed by atoms with Crippen molar-refractivity contribution in [2.24, 2.45) is 4.99 Å². The second kappa shape index (κ2) is 6.23. The topological polar surface area (TPSA) is 57.2 Å². The standard InChI is InChI=1S/C16H17N5/c17-11-14-12-19-21(15-7-3-1-4-8-15)16(14)18-13-20-9-5-2-6-10-20/h1,3-4,7-8,12-13H,2,5-6,9-10H2/b18-13+. The van der Waals surface area contributed by atoms with E-state index in [1.807, 2.05) is 36.7 Å². The fourth-order valence-corrected chi connectivity index (χ4v) is 2.47. The first-order chi connectivity index (χ1) is 10.4. The van der Waals surface area contributed by atoms with Crippen LogP contribution in [0.3, 0.4) is 0 Å². The lowest BCUT2D eigenvalue weighted by molar-refractivity contribution is 0.351. The number of aromatic nitrogens is 2. The summed E-state index contributed by atoms with van der Waals surface area (Å²) in [4.78, 5) is 6.72. The molecular formula is C16H17N5. The van der Waals surface area contributed by atoms with E-state index in [1.165, 1.54) is 19.3 Å². The molecule has 0 atom stereocenters. The van der Waals surface area contributed by atoms with Gasteiger partial charge in [0.15, 0.2) is 5.82 Å². The van der Waals surface area contributed by atoms with Gasteiger partial charge in [-0.2, -0.15) is 10.4 Å². The molecule has 0 aliphatic carbocycles. The predicted molar refractivity (Wildman–Crippen MR) is 81.9 cm³/mol. The highest BCUT2D eigenvalue weighted by Crippen LogP contribution is 2.22. The van der Waals surface area contributed by atoms with Crippen LogP contribution in [0.5, 0.6) is 0 Å². The first-order valence-corrected chi connectivity index (χ1v) is 7.20. The molecule has 1 saturated heterocycles. The van der Waals surface area contributed by atoms with Crippen molar-refractivity contribution in [1.29, 1.82) is 5.26 Å². The number of nitrogens with zero attached hydrogens (tertiary/aromatic N) is 5. The van der Waals surface area contributed by atoms with Gasteiger partial charge in [0.25, 0.3) is 0 Å². The van der Waals surface area contributed by atoms with Gasteiger partial charge in [0, 0.05) is 13.1 Å². The summed E-state index contributed by atoms with van der Waals surface area (Å²) < 4.78 is 1.71. The average molecular weight is 279 g/mol. The first kappa shape index (κ1) is 13.4. The lowest BCUT2D eigenvalue weighted by Crippen LogP contribution is -2.28. The molecule has 0 N–H and O–H groups in total. The van der Waals surface area contributed by atoms with Crippen LogP contribution in [0.15, 0.2) is 41.5 Å². The molecule has 5 heteroatoms. The number of nitriles is 1. The van der Waals surface area contributed by atoms with Crippen LogP contribution in [0.25, 0.3) is 5.69 Å². The summed E-state index contributed by atoms with van der Waals surface area (Å²) in [5.74, 6) is 0.592. The van der Waals surface area contributed by atoms with Crippen LogP contribution < -0.4 is 0 Å². The maximum Gasteiger partial charge on any atom is 0.175 e. The fraction of sp³-hybridized carbons (Fsp3) is 0.312. The Balaban J connectivity index is 1.91. The number of para-hydroxylation sites is 1. The first-order valence-electron chi connectivity index (χ1n) is 7.20. The quantitative estimate of drug-likeness (QED) is 0.641. The summed E-state index contributed by atoms with van der Waals surface area (Å²) in [6.07, 6.45) is 7.10. The van der Waals surface area contributed by atoms with Gasteiger partial charge in [0.1, 0.15) is 11.6 Å². The third kappa shape index (κ3) is 2.95. The van der Waals surface area contributed by atoms with E-state index in [0.29, 0.717) is 11.4 Å². The van der Waals surface area contributed by atoms with Crippen LogP contribution in [0, 0.1) is 11.3 Å². The second-order valence-corrected chi connectivity index (χ2v) is 5.08. The molecule has 0 unspecified atom stereocenters. The number of hydrogen-bond acceptors (Lipinski definition) is 3. The highest BCUT2D eigenvalue weighted by atomic mass is 15.3. The van der Waals surface area contributed by atoms with E-state index in [9.17, 15) is 5.26 Å². The minimum atomic E-state index is 0.493. The van der Waals surface area contributed by atoms with Crippen molar-refractivity contribution in [1.82, 2.24) is 14.7 Å². The minimum Gasteiger partial charge on any atom is -0.363 e. The van der Waals surface area contributed by atoms with Crippen molar-refractivity contribution in [2.75, 3.05) is 13.1 Å². The summed E-state index contributed by atoms with van der Waals surface area (Å²) in [6.45, 7) is 2.07. The maximum atomic E-state index is 9.22. The van der Waals surface area contributed by atoms with Gasteiger partial charge < -0.3 is 4.90 Å². The summed E-state index contributed by atoms with van der Waals surface area (Å²) in [6, 6.07) is 11.9. The zero-order valence-electron chi connectivity index (χ0n) is 11.8. The number of piperidine rings is 1. The zero-order chi connectivity index (χ0) is 14.5. The van der Waals surface area contributed by atoms with Crippen LogP contribution >= 0.6 is 0 Å². The van der Waals surface area contributed by atoms with Gasteiger partial charge in [-0.15, -0.1) is 0 Å². The molecule has 1 aliphatic rings. The van der Waals surface area contributed by atoms with Gasteiger partial charge in [-0.1, -0.05) is 18.2 Å². The summed E-state index contributed by atoms with van der Waals surface area (Å²) in [5.41, 5.74) is 1.40. The molecule has 21 heavy (non-hydrogen) atoms. The number of benzene rings is 1. The van der Waals surface area contributed by atoms with Gasteiger partial charge in [-0.3, -0.25) is 0 Å². The summed E-state index contributed by atoms with van der Waals surface area (Å²) in [7, 11) is 0. The maximum absolute atomic E-state index is 9.22. The molecule has 1 aliphatic heterocycles. The third-order valence-corrected chi connectivity index (χ3v) is 3.60. The van der Waals surface area contributed by atoms with Crippen LogP contribution in [-0.4, -0.2) is 34.1 Å². The highest BCUT2D eigenvalue weighted by Gasteiger charge is 2.12. The SMILES string of the molecule is N#Cc1cnn(-c2ccccc2)c1/N=C/N1CCCCC1. The van der Waals surface area contributed by atoms with Gasteiger partial charge >= 0.3 is 0 Å². The Morgan fingerprint density at radius 1 is 1.14 bits per heavy atom. The normalized spacial score (nSPS) is 15.3. The molecule has 2 aromatic rings. The number of likely N-dealkylation sites (tertiary alicyclic amines) is 1. The van der Waals surface area contributed by atoms with Crippen molar-refractivity contribution in [2.45, 2.75) is 19.3 Å². The number of aliphatic imine (C=N–C) groups is 1. The Hall–Kier alpha value is -2.61. The molecule has 1 aromatic carbocycles. The van der Waals surface area contributed by atoms with E-state index in [1.54, 1.807) is 10.9 Å². The molecule has 3 rings (SSSR count). The molecule has 1 aromatic heterocycles. The third-order valence-electron chi connectivity index (χ3n) is 3.60. The molecule has 2 heterocycles. The van der Waals surface area contributed by atoms with Crippen molar-refractivity contribution in [3.8, 4) is 11.8 Å². The van der Waals surface area contributed by atoms with Gasteiger partial charge in [-0.05, 0) is 31.4 Å². The molecule has 0 amide bonds. The zero-order valence-corrected chi connectivity index (χ0v) is 11.8. The van der Waals surface area contributed by atoms with Gasteiger partial charge in [-0.25, -0.2) is 9.67 Å². The molecule has 0 bridgehead atoms. The Morgan fingerprint density at radius 3 is 2.62 bits per heavy atom. The van der Waals surface area contributed by atoms with E-state index in [4.69, 9.17) is 0 Å². The van der Waals surface area contributed by atoms with Gasteiger partial charge in [0.2, 0.25) is 0 Å². The molecule has 0 saturated carbocycles. The smallest absolute Gasteiger partial charge is 0.175 e. The van der Waals surface area contributed by atoms with E-state index in [2.05, 4.69) is 21.1 Å². The number of hydrogen-bond donors (Lipinski definition) is 0. The van der Waals surface area contributed by atoms with Crippen molar-refractivity contribution >= 4 is 12.2 Å². The molecule has 0 radical (unpaired) electrons. The number of rotatable bonds is 3. The molecule has 0 spiro atoms. The highest BCUT2D eigenvalue weighted by molar-refractivity contribution is 5.64. The Kier molecular flexibility index (Phi) is 3.97. The largest absolute Gasteiger partial charge is 0.363 e. The Morgan fingerprint density at radius 2 is 1.90 bits per heavy atom. The lowest BCUT2D eigenvalue weighted by atomic mass is 10.1. The van der Waals surface area contributed by atoms with Crippen molar-refractivity contribution in [3.63, 3.8) is 0 Å². The van der Waals surface area contributed by atoms with E-state index >= 15 is 0 Å². The molecule has 106 valence electrons. The minimum absolute atomic E-state index is 0.493. The lowest BCUT2D eigenvalue weighted by Gasteiger charge is -2.23. The van der Waals surface area contributed by atoms with Crippen LogP contribution in [-0.2, 0) is 0 Å². The van der Waals surface area contributed by atoms with Crippen molar-refractivity contribution in [3.05, 3.63) is 42.1 Å². The van der Waals surface area contributed by atoms with Crippen molar-refractivity contribution < 1.29 is 0 Å². The predicted octanol–water partition coefficient (Wildman–Crippen LogP) is 2.89. The van der Waals surface area contributed by atoms with E-state index in [-0.39, 0.29) is 0 Å². The van der Waals surface area contributed by atoms with Crippen LogP contribution in [0.2, 0.25) is 0 Å². The summed E-state index contributed by atoms with van der Waals surface area (Å²) in [5, 5.41) is 13.5.